The van der Waals surface area contributed by atoms with Gasteiger partial charge in [0, 0.05) is 13.5 Å². The fourth-order valence-corrected chi connectivity index (χ4v) is 2.98. The SMILES string of the molecule is COc1cccc(CC/C=C/C(CC2=CCCC2(C)O)OC)c1. The van der Waals surface area contributed by atoms with Gasteiger partial charge in [0.25, 0.3) is 0 Å². The van der Waals surface area contributed by atoms with Crippen molar-refractivity contribution in [2.24, 2.45) is 0 Å². The van der Waals surface area contributed by atoms with Crippen LogP contribution in [0.15, 0.2) is 48.1 Å². The third kappa shape index (κ3) is 5.22. The highest BCUT2D eigenvalue weighted by Gasteiger charge is 2.30. The highest BCUT2D eigenvalue weighted by atomic mass is 16.5. The lowest BCUT2D eigenvalue weighted by atomic mass is 9.93. The second-order valence-corrected chi connectivity index (χ2v) is 6.34. The summed E-state index contributed by atoms with van der Waals surface area (Å²) in [6, 6.07) is 8.17. The Labute approximate surface area is 139 Å². The zero-order valence-electron chi connectivity index (χ0n) is 14.4. The number of benzene rings is 1. The van der Waals surface area contributed by atoms with Crippen LogP contribution in [0, 0.1) is 0 Å². The molecule has 23 heavy (non-hydrogen) atoms. The van der Waals surface area contributed by atoms with Crippen molar-refractivity contribution in [2.75, 3.05) is 14.2 Å². The first kappa shape index (κ1) is 17.8. The molecule has 1 N–H and O–H groups in total. The molecular formula is C20H28O3. The van der Waals surface area contributed by atoms with E-state index in [2.05, 4.69) is 30.4 Å². The Hall–Kier alpha value is -1.58. The second-order valence-electron chi connectivity index (χ2n) is 6.34. The lowest BCUT2D eigenvalue weighted by Crippen LogP contribution is -2.25. The third-order valence-corrected chi connectivity index (χ3v) is 4.52. The van der Waals surface area contributed by atoms with Gasteiger partial charge in [0.15, 0.2) is 0 Å². The number of allylic oxidation sites excluding steroid dienone is 2. The van der Waals surface area contributed by atoms with Crippen LogP contribution in [-0.2, 0) is 11.2 Å². The van der Waals surface area contributed by atoms with Crippen molar-refractivity contribution >= 4 is 0 Å². The molecule has 2 rings (SSSR count). The van der Waals surface area contributed by atoms with Gasteiger partial charge in [0.1, 0.15) is 5.75 Å². The summed E-state index contributed by atoms with van der Waals surface area (Å²) in [7, 11) is 3.41. The average Bonchev–Trinajstić information content (AvgIpc) is 2.88. The van der Waals surface area contributed by atoms with Gasteiger partial charge in [-0.15, -0.1) is 0 Å². The van der Waals surface area contributed by atoms with Gasteiger partial charge in [-0.05, 0) is 55.9 Å². The summed E-state index contributed by atoms with van der Waals surface area (Å²) in [6.45, 7) is 1.89. The van der Waals surface area contributed by atoms with Crippen molar-refractivity contribution in [1.29, 1.82) is 0 Å². The molecule has 1 aromatic carbocycles. The Balaban J connectivity index is 1.83. The van der Waals surface area contributed by atoms with Gasteiger partial charge in [-0.3, -0.25) is 0 Å². The molecule has 0 aromatic heterocycles. The van der Waals surface area contributed by atoms with Crippen molar-refractivity contribution in [3.8, 4) is 5.75 Å². The van der Waals surface area contributed by atoms with Gasteiger partial charge in [-0.1, -0.05) is 30.4 Å². The normalized spacial score (nSPS) is 22.3. The average molecular weight is 316 g/mol. The van der Waals surface area contributed by atoms with Crippen molar-refractivity contribution in [2.45, 2.75) is 50.7 Å². The molecule has 0 saturated carbocycles. The lowest BCUT2D eigenvalue weighted by molar-refractivity contribution is 0.0806. The zero-order valence-corrected chi connectivity index (χ0v) is 14.4. The van der Waals surface area contributed by atoms with Gasteiger partial charge >= 0.3 is 0 Å². The first-order chi connectivity index (χ1) is 11.0. The summed E-state index contributed by atoms with van der Waals surface area (Å²) in [5, 5.41) is 10.3. The van der Waals surface area contributed by atoms with Gasteiger partial charge < -0.3 is 14.6 Å². The Morgan fingerprint density at radius 2 is 2.17 bits per heavy atom. The number of rotatable bonds is 8. The van der Waals surface area contributed by atoms with Gasteiger partial charge in [0.2, 0.25) is 0 Å². The number of aryl methyl sites for hydroxylation is 1. The summed E-state index contributed by atoms with van der Waals surface area (Å²) in [5.74, 6) is 0.900. The van der Waals surface area contributed by atoms with Crippen LogP contribution in [0.3, 0.4) is 0 Å². The van der Waals surface area contributed by atoms with E-state index in [0.29, 0.717) is 0 Å². The molecule has 0 fully saturated rings. The summed E-state index contributed by atoms with van der Waals surface area (Å²) < 4.78 is 10.8. The number of hydrogen-bond acceptors (Lipinski definition) is 3. The van der Waals surface area contributed by atoms with Crippen LogP contribution in [0.2, 0.25) is 0 Å². The smallest absolute Gasteiger partial charge is 0.119 e. The maximum absolute atomic E-state index is 10.3. The molecule has 0 radical (unpaired) electrons. The van der Waals surface area contributed by atoms with Crippen LogP contribution in [-0.4, -0.2) is 31.0 Å². The van der Waals surface area contributed by atoms with Crippen molar-refractivity contribution in [3.63, 3.8) is 0 Å². The van der Waals surface area contributed by atoms with E-state index in [1.165, 1.54) is 5.56 Å². The van der Waals surface area contributed by atoms with Crippen LogP contribution in [0.5, 0.6) is 5.75 Å². The predicted octanol–water partition coefficient (Wildman–Crippen LogP) is 4.06. The lowest BCUT2D eigenvalue weighted by Gasteiger charge is -2.23. The van der Waals surface area contributed by atoms with Crippen molar-refractivity contribution in [3.05, 3.63) is 53.6 Å². The molecule has 3 nitrogen and oxygen atoms in total. The Morgan fingerprint density at radius 3 is 2.83 bits per heavy atom. The summed E-state index contributed by atoms with van der Waals surface area (Å²) >= 11 is 0. The van der Waals surface area contributed by atoms with Crippen LogP contribution >= 0.6 is 0 Å². The number of ether oxygens (including phenoxy) is 2. The highest BCUT2D eigenvalue weighted by molar-refractivity contribution is 5.28. The molecule has 1 aliphatic carbocycles. The molecule has 126 valence electrons. The van der Waals surface area contributed by atoms with E-state index >= 15 is 0 Å². The standard InChI is InChI=1S/C20H28O3/c1-20(21)13-7-10-17(20)15-19(23-3)11-5-4-8-16-9-6-12-18(14-16)22-2/h5-6,9-12,14,19,21H,4,7-8,13,15H2,1-3H3/b11-5+. The minimum absolute atomic E-state index is 0.0242. The van der Waals surface area contributed by atoms with Gasteiger partial charge in [-0.2, -0.15) is 0 Å². The summed E-state index contributed by atoms with van der Waals surface area (Å²) in [5.41, 5.74) is 1.71. The minimum atomic E-state index is -0.661. The maximum Gasteiger partial charge on any atom is 0.119 e. The predicted molar refractivity (Wildman–Crippen MR) is 93.8 cm³/mol. The van der Waals surface area contributed by atoms with Crippen LogP contribution in [0.1, 0.15) is 38.2 Å². The summed E-state index contributed by atoms with van der Waals surface area (Å²) in [6.07, 6.45) is 10.9. The molecule has 0 saturated heterocycles. The highest BCUT2D eigenvalue weighted by Crippen LogP contribution is 2.33. The van der Waals surface area contributed by atoms with Crippen LogP contribution < -0.4 is 4.74 Å². The number of methoxy groups -OCH3 is 2. The van der Waals surface area contributed by atoms with E-state index in [9.17, 15) is 5.11 Å². The van der Waals surface area contributed by atoms with Gasteiger partial charge in [0.05, 0.1) is 18.8 Å². The topological polar surface area (TPSA) is 38.7 Å². The first-order valence-corrected chi connectivity index (χ1v) is 8.29. The molecule has 0 spiro atoms. The fourth-order valence-electron chi connectivity index (χ4n) is 2.98. The quantitative estimate of drug-likeness (QED) is 0.735. The monoisotopic (exact) mass is 316 g/mol. The number of aliphatic hydroxyl groups is 1. The number of hydrogen-bond donors (Lipinski definition) is 1. The zero-order chi connectivity index (χ0) is 16.7. The molecule has 3 heteroatoms. The molecule has 0 heterocycles. The molecule has 0 aliphatic heterocycles. The van der Waals surface area contributed by atoms with Crippen molar-refractivity contribution in [1.82, 2.24) is 0 Å². The van der Waals surface area contributed by atoms with Crippen molar-refractivity contribution < 1.29 is 14.6 Å². The molecule has 0 amide bonds. The molecule has 2 unspecified atom stereocenters. The van der Waals surface area contributed by atoms with E-state index < -0.39 is 5.60 Å². The second kappa shape index (κ2) is 8.32. The minimum Gasteiger partial charge on any atom is -0.497 e. The summed E-state index contributed by atoms with van der Waals surface area (Å²) in [4.78, 5) is 0. The largest absolute Gasteiger partial charge is 0.497 e. The first-order valence-electron chi connectivity index (χ1n) is 8.29. The molecule has 1 aliphatic rings. The van der Waals surface area contributed by atoms with E-state index in [-0.39, 0.29) is 6.10 Å². The third-order valence-electron chi connectivity index (χ3n) is 4.52. The van der Waals surface area contributed by atoms with E-state index in [4.69, 9.17) is 9.47 Å². The van der Waals surface area contributed by atoms with Gasteiger partial charge in [-0.25, -0.2) is 0 Å². The Kier molecular flexibility index (Phi) is 6.43. The molecular weight excluding hydrogens is 288 g/mol. The molecule has 2 atom stereocenters. The van der Waals surface area contributed by atoms with E-state index in [0.717, 1.165) is 43.4 Å². The Bertz CT molecular complexity index is 558. The molecule has 1 aromatic rings. The van der Waals surface area contributed by atoms with Crippen LogP contribution in [0.25, 0.3) is 0 Å². The van der Waals surface area contributed by atoms with E-state index in [1.807, 2.05) is 19.1 Å². The molecule has 0 bridgehead atoms. The maximum atomic E-state index is 10.3. The van der Waals surface area contributed by atoms with Crippen LogP contribution in [0.4, 0.5) is 0 Å². The van der Waals surface area contributed by atoms with E-state index in [1.54, 1.807) is 14.2 Å². The Morgan fingerprint density at radius 1 is 1.35 bits per heavy atom. The fraction of sp³-hybridized carbons (Fsp3) is 0.500.